The predicted octanol–water partition coefficient (Wildman–Crippen LogP) is 2.07. The number of rotatable bonds is 5. The maximum absolute atomic E-state index is 14.3. The molecule has 1 N–H and O–H groups in total. The number of nitrogens with zero attached hydrogens (tertiary/aromatic N) is 2. The molecule has 2 saturated heterocycles. The molecule has 1 unspecified atom stereocenters. The van der Waals surface area contributed by atoms with E-state index in [-0.39, 0.29) is 37.0 Å². The predicted molar refractivity (Wildman–Crippen MR) is 126 cm³/mol. The van der Waals surface area contributed by atoms with Crippen molar-refractivity contribution >= 4 is 17.8 Å². The Hall–Kier alpha value is -2.19. The lowest BCUT2D eigenvalue weighted by molar-refractivity contribution is -0.156. The molecule has 0 aromatic carbocycles. The second-order valence-corrected chi connectivity index (χ2v) is 11.7. The summed E-state index contributed by atoms with van der Waals surface area (Å²) in [5.74, 6) is -2.58. The van der Waals surface area contributed by atoms with Gasteiger partial charge in [-0.05, 0) is 38.5 Å². The largest absolute Gasteiger partial charge is 0.465 e. The zero-order chi connectivity index (χ0) is 24.9. The Balaban J connectivity index is 1.79. The molecule has 188 valence electrons. The van der Waals surface area contributed by atoms with Gasteiger partial charge >= 0.3 is 5.97 Å². The number of hydrogen-bond acceptors (Lipinski definition) is 6. The Morgan fingerprint density at radius 1 is 1.12 bits per heavy atom. The van der Waals surface area contributed by atoms with Crippen molar-refractivity contribution in [2.24, 2.45) is 17.3 Å². The van der Waals surface area contributed by atoms with Crippen LogP contribution in [0.4, 0.5) is 0 Å². The Bertz CT molecular complexity index is 903. The van der Waals surface area contributed by atoms with Crippen LogP contribution in [-0.2, 0) is 23.9 Å². The summed E-state index contributed by atoms with van der Waals surface area (Å²) in [6.45, 7) is 11.3. The van der Waals surface area contributed by atoms with Gasteiger partial charge in [0.25, 0.3) is 0 Å². The standard InChI is InChI=1S/C26H38N2O6/c1-24(2,3)16-25(4,5)28-13-8-11-26-19(18-17(34-26)10-6-7-15-33-23(18)32)21(30)27(12-9-14-29)20(26)22(28)31/h6,8,10-11,17-20,29H,7,9,12-16H2,1-5H3/t17-,18+,19-,20?,26-/m0/s1. The van der Waals surface area contributed by atoms with Crippen molar-refractivity contribution in [1.82, 2.24) is 9.80 Å². The average molecular weight is 475 g/mol. The first-order valence-electron chi connectivity index (χ1n) is 12.3. The Morgan fingerprint density at radius 2 is 1.85 bits per heavy atom. The van der Waals surface area contributed by atoms with Crippen molar-refractivity contribution in [1.29, 1.82) is 0 Å². The molecule has 0 bridgehead atoms. The van der Waals surface area contributed by atoms with Gasteiger partial charge < -0.3 is 24.4 Å². The van der Waals surface area contributed by atoms with Crippen molar-refractivity contribution in [3.05, 3.63) is 24.3 Å². The van der Waals surface area contributed by atoms with Crippen LogP contribution in [0.25, 0.3) is 0 Å². The molecule has 8 heteroatoms. The van der Waals surface area contributed by atoms with Gasteiger partial charge in [-0.3, -0.25) is 14.4 Å². The summed E-state index contributed by atoms with van der Waals surface area (Å²) in [7, 11) is 0. The minimum atomic E-state index is -1.25. The van der Waals surface area contributed by atoms with Gasteiger partial charge in [-0.15, -0.1) is 0 Å². The van der Waals surface area contributed by atoms with E-state index in [1.54, 1.807) is 0 Å². The van der Waals surface area contributed by atoms with Crippen molar-refractivity contribution in [3.63, 3.8) is 0 Å². The first-order valence-corrected chi connectivity index (χ1v) is 12.3. The number of likely N-dealkylation sites (tertiary alicyclic amines) is 1. The number of aliphatic hydroxyl groups excluding tert-OH is 1. The van der Waals surface area contributed by atoms with E-state index in [1.165, 1.54) is 4.90 Å². The molecular weight excluding hydrogens is 436 g/mol. The molecule has 1 spiro atoms. The van der Waals surface area contributed by atoms with Gasteiger partial charge in [-0.1, -0.05) is 45.1 Å². The van der Waals surface area contributed by atoms with E-state index in [0.717, 1.165) is 6.42 Å². The molecule has 5 atom stereocenters. The fourth-order valence-electron chi connectivity index (χ4n) is 6.53. The summed E-state index contributed by atoms with van der Waals surface area (Å²) in [5.41, 5.74) is -1.72. The van der Waals surface area contributed by atoms with Crippen molar-refractivity contribution in [2.75, 3.05) is 26.3 Å². The van der Waals surface area contributed by atoms with Crippen LogP contribution in [0.2, 0.25) is 0 Å². The highest BCUT2D eigenvalue weighted by atomic mass is 16.6. The average Bonchev–Trinajstić information content (AvgIpc) is 3.08. The lowest BCUT2D eigenvalue weighted by Crippen LogP contribution is -2.60. The third-order valence-electron chi connectivity index (χ3n) is 7.37. The van der Waals surface area contributed by atoms with Gasteiger partial charge in [0, 0.05) is 25.2 Å². The normalized spacial score (nSPS) is 33.8. The number of cyclic esters (lactones) is 1. The van der Waals surface area contributed by atoms with Crippen LogP contribution in [0, 0.1) is 17.3 Å². The van der Waals surface area contributed by atoms with E-state index in [9.17, 15) is 19.5 Å². The van der Waals surface area contributed by atoms with E-state index < -0.39 is 41.1 Å². The second kappa shape index (κ2) is 8.79. The van der Waals surface area contributed by atoms with Crippen LogP contribution >= 0.6 is 0 Å². The highest BCUT2D eigenvalue weighted by molar-refractivity contribution is 5.99. The maximum atomic E-state index is 14.3. The molecule has 4 heterocycles. The van der Waals surface area contributed by atoms with Crippen molar-refractivity contribution < 1.29 is 29.0 Å². The molecule has 2 fully saturated rings. The first-order chi connectivity index (χ1) is 15.9. The number of aliphatic hydroxyl groups is 1. The topological polar surface area (TPSA) is 96.4 Å². The van der Waals surface area contributed by atoms with E-state index in [2.05, 4.69) is 34.6 Å². The van der Waals surface area contributed by atoms with Gasteiger partial charge in [0.2, 0.25) is 11.8 Å². The van der Waals surface area contributed by atoms with Crippen molar-refractivity contribution in [3.8, 4) is 0 Å². The number of ether oxygens (including phenoxy) is 2. The summed E-state index contributed by atoms with van der Waals surface area (Å²) in [6, 6.07) is -0.899. The van der Waals surface area contributed by atoms with Gasteiger partial charge in [-0.25, -0.2) is 0 Å². The number of carbonyl (C=O) groups excluding carboxylic acids is 3. The summed E-state index contributed by atoms with van der Waals surface area (Å²) in [6.07, 6.45) is 8.56. The number of esters is 1. The van der Waals surface area contributed by atoms with Gasteiger partial charge in [0.05, 0.1) is 18.6 Å². The van der Waals surface area contributed by atoms with Gasteiger partial charge in [0.15, 0.2) is 0 Å². The lowest BCUT2D eigenvalue weighted by Gasteiger charge is -2.44. The van der Waals surface area contributed by atoms with E-state index in [1.807, 2.05) is 29.2 Å². The van der Waals surface area contributed by atoms with Crippen LogP contribution in [0.3, 0.4) is 0 Å². The third kappa shape index (κ3) is 4.09. The van der Waals surface area contributed by atoms with Crippen LogP contribution in [0.5, 0.6) is 0 Å². The monoisotopic (exact) mass is 474 g/mol. The van der Waals surface area contributed by atoms with Crippen LogP contribution in [-0.4, -0.2) is 82.3 Å². The Labute approximate surface area is 201 Å². The Morgan fingerprint density at radius 3 is 2.53 bits per heavy atom. The Kier molecular flexibility index (Phi) is 6.44. The highest BCUT2D eigenvalue weighted by Crippen LogP contribution is 2.53. The smallest absolute Gasteiger partial charge is 0.312 e. The summed E-state index contributed by atoms with van der Waals surface area (Å²) in [4.78, 5) is 44.5. The first kappa shape index (κ1) is 24.9. The van der Waals surface area contributed by atoms with E-state index in [0.29, 0.717) is 19.4 Å². The lowest BCUT2D eigenvalue weighted by atomic mass is 9.77. The molecule has 0 aliphatic carbocycles. The molecular formula is C26H38N2O6. The van der Waals surface area contributed by atoms with Crippen LogP contribution < -0.4 is 0 Å². The second-order valence-electron chi connectivity index (χ2n) is 11.7. The highest BCUT2D eigenvalue weighted by Gasteiger charge is 2.72. The summed E-state index contributed by atoms with van der Waals surface area (Å²) in [5, 5.41) is 9.48. The number of carbonyl (C=O) groups is 3. The quantitative estimate of drug-likeness (QED) is 0.484. The molecule has 0 aromatic rings. The number of fused-ring (bicyclic) bond motifs is 2. The minimum absolute atomic E-state index is 0.00799. The zero-order valence-electron chi connectivity index (χ0n) is 21.0. The zero-order valence-corrected chi connectivity index (χ0v) is 21.0. The molecule has 0 saturated carbocycles. The fraction of sp³-hybridized carbons (Fsp3) is 0.731. The summed E-state index contributed by atoms with van der Waals surface area (Å²) < 4.78 is 12.0. The number of amides is 2. The van der Waals surface area contributed by atoms with Gasteiger partial charge in [-0.2, -0.15) is 0 Å². The van der Waals surface area contributed by atoms with Crippen LogP contribution in [0.15, 0.2) is 24.3 Å². The molecule has 4 rings (SSSR count). The SMILES string of the molecule is CC(C)(C)CC(C)(C)N1CC=C[C@]23O[C@H]4C=CCCOC(=O)[C@H]4[C@H]2C(=O)N(CCCO)C3C1=O. The molecule has 0 aromatic heterocycles. The van der Waals surface area contributed by atoms with Crippen molar-refractivity contribution in [2.45, 2.75) is 77.2 Å². The number of hydrogen-bond donors (Lipinski definition) is 1. The molecule has 0 radical (unpaired) electrons. The fourth-order valence-corrected chi connectivity index (χ4v) is 6.53. The molecule has 4 aliphatic rings. The maximum Gasteiger partial charge on any atom is 0.312 e. The third-order valence-corrected chi connectivity index (χ3v) is 7.37. The molecule has 4 aliphatic heterocycles. The molecule has 34 heavy (non-hydrogen) atoms. The van der Waals surface area contributed by atoms with E-state index in [4.69, 9.17) is 9.47 Å². The molecule has 8 nitrogen and oxygen atoms in total. The van der Waals surface area contributed by atoms with Crippen LogP contribution in [0.1, 0.15) is 53.9 Å². The van der Waals surface area contributed by atoms with E-state index >= 15 is 0 Å². The molecule has 2 amide bonds. The van der Waals surface area contributed by atoms with Gasteiger partial charge in [0.1, 0.15) is 17.6 Å². The summed E-state index contributed by atoms with van der Waals surface area (Å²) >= 11 is 0. The minimum Gasteiger partial charge on any atom is -0.465 e.